The molecule has 18 heteroatoms. The van der Waals surface area contributed by atoms with Crippen molar-refractivity contribution in [2.24, 2.45) is 0 Å². The number of rotatable bonds is 12. The van der Waals surface area contributed by atoms with E-state index in [1.54, 1.807) is 51.1 Å². The van der Waals surface area contributed by atoms with Gasteiger partial charge in [-0.1, -0.05) is 47.5 Å². The molecule has 2 aliphatic rings. The van der Waals surface area contributed by atoms with Crippen LogP contribution in [0.5, 0.6) is 23.0 Å². The van der Waals surface area contributed by atoms with Crippen LogP contribution in [0.4, 0.5) is 26.3 Å². The molecule has 0 aliphatic carbocycles. The molecule has 2 atom stereocenters. The quantitative estimate of drug-likeness (QED) is 0.101. The molecule has 0 radical (unpaired) electrons. The molecule has 2 aliphatic heterocycles. The predicted octanol–water partition coefficient (Wildman–Crippen LogP) is 12.5. The van der Waals surface area contributed by atoms with Crippen LogP contribution >= 0.6 is 23.2 Å². The SMILES string of the molecule is CC(C)(C)OC(=O)CCN1CCOC(c2ccc(Oc3cc(C(F)(F)F)cc(C(F)(F)F)c3)cc2)C1.CC(C)(C)OC(=O)CCN1CCOC(c2ccc(Oc3cc(Cl)cc(Cl)c3)cc2)C1. The average Bonchev–Trinajstić information content (AvgIpc) is 3.21. The lowest BCUT2D eigenvalue weighted by molar-refractivity contribution is -0.156. The van der Waals surface area contributed by atoms with Crippen molar-refractivity contribution in [1.29, 1.82) is 0 Å². The summed E-state index contributed by atoms with van der Waals surface area (Å²) >= 11 is 12.0. The highest BCUT2D eigenvalue weighted by molar-refractivity contribution is 6.34. The van der Waals surface area contributed by atoms with E-state index in [1.165, 1.54) is 12.1 Å². The number of halogens is 8. The first kappa shape index (κ1) is 52.4. The van der Waals surface area contributed by atoms with Gasteiger partial charge in [0, 0.05) is 49.3 Å². The van der Waals surface area contributed by atoms with Crippen LogP contribution in [0.3, 0.4) is 0 Å². The van der Waals surface area contributed by atoms with E-state index in [9.17, 15) is 35.9 Å². The molecule has 0 aromatic heterocycles. The molecular formula is C48H54Cl2F6N2O8. The van der Waals surface area contributed by atoms with Crippen molar-refractivity contribution in [3.8, 4) is 23.0 Å². The fourth-order valence-corrected chi connectivity index (χ4v) is 7.35. The monoisotopic (exact) mass is 970 g/mol. The Labute approximate surface area is 390 Å². The Hall–Kier alpha value is -4.58. The molecule has 2 heterocycles. The van der Waals surface area contributed by atoms with Gasteiger partial charge in [-0.25, -0.2) is 0 Å². The van der Waals surface area contributed by atoms with Gasteiger partial charge in [0.05, 0.1) is 49.4 Å². The number of hydrogen-bond acceptors (Lipinski definition) is 10. The van der Waals surface area contributed by atoms with Gasteiger partial charge in [0.2, 0.25) is 0 Å². The first-order chi connectivity index (χ1) is 30.8. The van der Waals surface area contributed by atoms with Gasteiger partial charge in [0.25, 0.3) is 0 Å². The highest BCUT2D eigenvalue weighted by atomic mass is 35.5. The topological polar surface area (TPSA) is 96.0 Å². The molecule has 0 saturated carbocycles. The van der Waals surface area contributed by atoms with E-state index in [1.807, 2.05) is 45.0 Å². The molecule has 0 N–H and O–H groups in total. The Morgan fingerprint density at radius 1 is 0.561 bits per heavy atom. The van der Waals surface area contributed by atoms with Crippen LogP contribution in [0.1, 0.15) is 88.8 Å². The smallest absolute Gasteiger partial charge is 0.416 e. The van der Waals surface area contributed by atoms with Gasteiger partial charge in [-0.05, 0) is 113 Å². The lowest BCUT2D eigenvalue weighted by atomic mass is 10.1. The predicted molar refractivity (Wildman–Crippen MR) is 237 cm³/mol. The number of nitrogens with zero attached hydrogens (tertiary/aromatic N) is 2. The van der Waals surface area contributed by atoms with E-state index in [0.29, 0.717) is 79.5 Å². The van der Waals surface area contributed by atoms with Gasteiger partial charge in [-0.15, -0.1) is 0 Å². The Balaban J connectivity index is 0.000000251. The second kappa shape index (κ2) is 22.5. The number of benzene rings is 4. The van der Waals surface area contributed by atoms with Crippen molar-refractivity contribution >= 4 is 35.1 Å². The lowest BCUT2D eigenvalue weighted by Crippen LogP contribution is -2.39. The maximum Gasteiger partial charge on any atom is 0.416 e. The molecule has 0 amide bonds. The van der Waals surface area contributed by atoms with E-state index in [4.69, 9.17) is 51.6 Å². The highest BCUT2D eigenvalue weighted by Gasteiger charge is 2.37. The van der Waals surface area contributed by atoms with Crippen LogP contribution in [0.25, 0.3) is 0 Å². The molecule has 6 rings (SSSR count). The summed E-state index contributed by atoms with van der Waals surface area (Å²) < 4.78 is 112. The maximum atomic E-state index is 13.1. The molecule has 10 nitrogen and oxygen atoms in total. The van der Waals surface area contributed by atoms with Gasteiger partial charge < -0.3 is 28.4 Å². The molecule has 2 unspecified atom stereocenters. The molecule has 0 bridgehead atoms. The summed E-state index contributed by atoms with van der Waals surface area (Å²) in [7, 11) is 0. The third-order valence-electron chi connectivity index (χ3n) is 9.78. The molecule has 66 heavy (non-hydrogen) atoms. The van der Waals surface area contributed by atoms with Gasteiger partial charge in [-0.2, -0.15) is 26.3 Å². The first-order valence-corrected chi connectivity index (χ1v) is 22.0. The van der Waals surface area contributed by atoms with E-state index in [2.05, 4.69) is 9.80 Å². The summed E-state index contributed by atoms with van der Waals surface area (Å²) in [6.07, 6.45) is -9.69. The number of hydrogen-bond donors (Lipinski definition) is 0. The summed E-state index contributed by atoms with van der Waals surface area (Å²) in [4.78, 5) is 28.2. The van der Waals surface area contributed by atoms with E-state index < -0.39 is 40.4 Å². The third kappa shape index (κ3) is 17.6. The van der Waals surface area contributed by atoms with Crippen molar-refractivity contribution in [1.82, 2.24) is 9.80 Å². The average molecular weight is 972 g/mol. The minimum Gasteiger partial charge on any atom is -0.460 e. The van der Waals surface area contributed by atoms with Crippen LogP contribution in [0.15, 0.2) is 84.9 Å². The Morgan fingerprint density at radius 3 is 1.27 bits per heavy atom. The molecule has 2 saturated heterocycles. The Morgan fingerprint density at radius 2 is 0.924 bits per heavy atom. The summed E-state index contributed by atoms with van der Waals surface area (Å²) in [5, 5.41) is 1.05. The Bertz CT molecular complexity index is 2180. The molecule has 4 aromatic rings. The van der Waals surface area contributed by atoms with Crippen LogP contribution in [-0.2, 0) is 40.9 Å². The molecule has 2 fully saturated rings. The first-order valence-electron chi connectivity index (χ1n) is 21.2. The van der Waals surface area contributed by atoms with Crippen molar-refractivity contribution in [3.05, 3.63) is 117 Å². The molecule has 4 aromatic carbocycles. The van der Waals surface area contributed by atoms with Gasteiger partial charge in [0.15, 0.2) is 0 Å². The van der Waals surface area contributed by atoms with Crippen LogP contribution < -0.4 is 9.47 Å². The second-order valence-corrected chi connectivity index (χ2v) is 18.6. The summed E-state index contributed by atoms with van der Waals surface area (Å²) in [6.45, 7) is 15.9. The lowest BCUT2D eigenvalue weighted by Gasteiger charge is -2.33. The highest BCUT2D eigenvalue weighted by Crippen LogP contribution is 2.40. The largest absolute Gasteiger partial charge is 0.460 e. The zero-order valence-electron chi connectivity index (χ0n) is 37.5. The third-order valence-corrected chi connectivity index (χ3v) is 10.2. The zero-order valence-corrected chi connectivity index (χ0v) is 39.0. The minimum absolute atomic E-state index is 0.0466. The summed E-state index contributed by atoms with van der Waals surface area (Å²) in [5.41, 5.74) is -2.10. The molecular weight excluding hydrogens is 917 g/mol. The number of carbonyl (C=O) groups excluding carboxylic acids is 2. The van der Waals surface area contributed by atoms with Crippen molar-refractivity contribution in [3.63, 3.8) is 0 Å². The summed E-state index contributed by atoms with van der Waals surface area (Å²) in [6, 6.07) is 20.1. The van der Waals surface area contributed by atoms with Crippen LogP contribution in [0.2, 0.25) is 10.0 Å². The van der Waals surface area contributed by atoms with Gasteiger partial charge in [-0.3, -0.25) is 19.4 Å². The fourth-order valence-electron chi connectivity index (χ4n) is 6.84. The molecule has 0 spiro atoms. The standard InChI is InChI=1S/C25H27F6NO4.C23H27Cl2NO4/c1-23(2,3)36-22(33)8-9-32-10-11-34-21(15-32)16-4-6-19(7-5-16)35-20-13-17(24(26,27)28)12-18(14-20)25(29,30)31;1-23(2,3)30-22(27)8-9-26-10-11-28-21(15-26)16-4-6-19(7-5-16)29-20-13-17(24)12-18(25)14-20/h4-7,12-14,21H,8-11,15H2,1-3H3;4-7,12-14,21H,8-11,15H2,1-3H3. The Kier molecular flexibility index (Phi) is 17.8. The minimum atomic E-state index is -4.96. The second-order valence-electron chi connectivity index (χ2n) is 17.7. The van der Waals surface area contributed by atoms with Crippen LogP contribution in [0, 0.1) is 0 Å². The van der Waals surface area contributed by atoms with Crippen molar-refractivity contribution < 1.29 is 64.4 Å². The van der Waals surface area contributed by atoms with E-state index >= 15 is 0 Å². The number of morpholine rings is 2. The van der Waals surface area contributed by atoms with E-state index in [-0.39, 0.29) is 42.4 Å². The van der Waals surface area contributed by atoms with Crippen molar-refractivity contribution in [2.45, 2.75) is 90.1 Å². The van der Waals surface area contributed by atoms with Gasteiger partial charge in [0.1, 0.15) is 34.2 Å². The van der Waals surface area contributed by atoms with E-state index in [0.717, 1.165) is 24.2 Å². The number of esters is 2. The number of carbonyl (C=O) groups is 2. The fraction of sp³-hybridized carbons (Fsp3) is 0.458. The molecule has 360 valence electrons. The number of ether oxygens (including phenoxy) is 6. The van der Waals surface area contributed by atoms with Crippen molar-refractivity contribution in [2.75, 3.05) is 52.5 Å². The summed E-state index contributed by atoms with van der Waals surface area (Å²) in [5.74, 6) is 0.302. The van der Waals surface area contributed by atoms with Gasteiger partial charge >= 0.3 is 24.3 Å². The maximum absolute atomic E-state index is 13.1. The zero-order chi connectivity index (χ0) is 48.5. The van der Waals surface area contributed by atoms with Crippen LogP contribution in [-0.4, -0.2) is 85.4 Å². The number of alkyl halides is 6. The normalized spacial score (nSPS) is 17.6.